The molecule has 0 saturated heterocycles. The van der Waals surface area contributed by atoms with E-state index in [9.17, 15) is 9.18 Å². The molecular weight excluding hydrogens is 219 g/mol. The van der Waals surface area contributed by atoms with E-state index in [-0.39, 0.29) is 11.7 Å². The number of carbonyl (C=O) groups excluding carboxylic acids is 1. The van der Waals surface area contributed by atoms with Crippen molar-refractivity contribution in [3.8, 4) is 6.07 Å². The molecule has 0 aliphatic carbocycles. The Labute approximate surface area is 100 Å². The molecule has 90 valence electrons. The Balaban J connectivity index is 2.45. The van der Waals surface area contributed by atoms with Crippen LogP contribution in [-0.4, -0.2) is 12.5 Å². The number of amides is 1. The normalized spacial score (nSPS) is 9.71. The van der Waals surface area contributed by atoms with Crippen molar-refractivity contribution in [1.29, 1.82) is 5.26 Å². The Hall–Kier alpha value is -1.89. The number of halogens is 1. The van der Waals surface area contributed by atoms with Gasteiger partial charge in [-0.2, -0.15) is 5.26 Å². The molecular formula is C13H15FN2O. The topological polar surface area (TPSA) is 52.9 Å². The molecule has 1 aromatic rings. The molecule has 1 N–H and O–H groups in total. The van der Waals surface area contributed by atoms with Crippen molar-refractivity contribution in [1.82, 2.24) is 5.32 Å². The number of rotatable bonds is 5. The lowest BCUT2D eigenvalue weighted by molar-refractivity contribution is 0.0952. The minimum Gasteiger partial charge on any atom is -0.352 e. The molecule has 1 aromatic carbocycles. The number of carbonyl (C=O) groups is 1. The molecule has 0 fully saturated rings. The van der Waals surface area contributed by atoms with Gasteiger partial charge in [-0.15, -0.1) is 0 Å². The summed E-state index contributed by atoms with van der Waals surface area (Å²) in [5.41, 5.74) is 1.12. The zero-order valence-electron chi connectivity index (χ0n) is 9.79. The van der Waals surface area contributed by atoms with Gasteiger partial charge in [0, 0.05) is 18.5 Å². The van der Waals surface area contributed by atoms with Crippen molar-refractivity contribution in [3.63, 3.8) is 0 Å². The molecule has 0 aromatic heterocycles. The number of benzene rings is 1. The quantitative estimate of drug-likeness (QED) is 0.796. The van der Waals surface area contributed by atoms with Gasteiger partial charge in [-0.05, 0) is 43.5 Å². The van der Waals surface area contributed by atoms with E-state index in [4.69, 9.17) is 5.26 Å². The van der Waals surface area contributed by atoms with E-state index < -0.39 is 0 Å². The lowest BCUT2D eigenvalue weighted by Crippen LogP contribution is -2.25. The van der Waals surface area contributed by atoms with Gasteiger partial charge in [-0.3, -0.25) is 4.79 Å². The number of nitrogens with one attached hydrogen (secondary N) is 1. The fraction of sp³-hybridized carbons (Fsp3) is 0.385. The maximum Gasteiger partial charge on any atom is 0.251 e. The summed E-state index contributed by atoms with van der Waals surface area (Å²) in [6.45, 7) is 2.24. The number of nitrogens with zero attached hydrogens (tertiary/aromatic N) is 1. The van der Waals surface area contributed by atoms with Gasteiger partial charge in [0.1, 0.15) is 5.82 Å². The molecule has 0 spiro atoms. The number of nitriles is 1. The fourth-order valence-corrected chi connectivity index (χ4v) is 1.51. The predicted octanol–water partition coefficient (Wildman–Crippen LogP) is 2.56. The van der Waals surface area contributed by atoms with Crippen LogP contribution in [0, 0.1) is 24.1 Å². The third-order valence-corrected chi connectivity index (χ3v) is 2.43. The molecule has 0 aliphatic heterocycles. The fourth-order valence-electron chi connectivity index (χ4n) is 1.51. The Bertz CT molecular complexity index is 438. The lowest BCUT2D eigenvalue weighted by atomic mass is 10.1. The van der Waals surface area contributed by atoms with Crippen LogP contribution >= 0.6 is 0 Å². The highest BCUT2D eigenvalue weighted by atomic mass is 19.1. The van der Waals surface area contributed by atoms with Crippen LogP contribution in [0.2, 0.25) is 0 Å². The van der Waals surface area contributed by atoms with Crippen molar-refractivity contribution >= 4 is 5.91 Å². The average molecular weight is 234 g/mol. The Morgan fingerprint density at radius 1 is 1.47 bits per heavy atom. The van der Waals surface area contributed by atoms with E-state index >= 15 is 0 Å². The van der Waals surface area contributed by atoms with Crippen LogP contribution in [0.15, 0.2) is 18.2 Å². The molecule has 0 bridgehead atoms. The van der Waals surface area contributed by atoms with E-state index in [0.29, 0.717) is 24.1 Å². The summed E-state index contributed by atoms with van der Waals surface area (Å²) >= 11 is 0. The summed E-state index contributed by atoms with van der Waals surface area (Å²) < 4.78 is 12.8. The van der Waals surface area contributed by atoms with Gasteiger partial charge >= 0.3 is 0 Å². The molecule has 0 atom stereocenters. The van der Waals surface area contributed by atoms with Crippen molar-refractivity contribution in [2.45, 2.75) is 26.2 Å². The summed E-state index contributed by atoms with van der Waals surface area (Å²) in [4.78, 5) is 11.7. The summed E-state index contributed by atoms with van der Waals surface area (Å²) in [5.74, 6) is -0.535. The number of unbranched alkanes of at least 4 members (excludes halogenated alkanes) is 2. The van der Waals surface area contributed by atoms with Crippen molar-refractivity contribution in [2.75, 3.05) is 6.54 Å². The minimum absolute atomic E-state index is 0.195. The third kappa shape index (κ3) is 4.23. The van der Waals surface area contributed by atoms with Gasteiger partial charge in [-0.25, -0.2) is 4.39 Å². The number of aryl methyl sites for hydroxylation is 1. The van der Waals surface area contributed by atoms with E-state index in [0.717, 1.165) is 12.8 Å². The largest absolute Gasteiger partial charge is 0.352 e. The second kappa shape index (κ2) is 6.64. The molecule has 0 unspecified atom stereocenters. The van der Waals surface area contributed by atoms with Crippen molar-refractivity contribution in [3.05, 3.63) is 35.1 Å². The first-order chi connectivity index (χ1) is 8.15. The molecule has 0 saturated carbocycles. The second-order valence-corrected chi connectivity index (χ2v) is 3.83. The molecule has 0 radical (unpaired) electrons. The Kier molecular flexibility index (Phi) is 5.15. The van der Waals surface area contributed by atoms with Crippen LogP contribution in [0.1, 0.15) is 35.2 Å². The van der Waals surface area contributed by atoms with Crippen LogP contribution in [0.4, 0.5) is 4.39 Å². The van der Waals surface area contributed by atoms with Gasteiger partial charge in [0.05, 0.1) is 6.07 Å². The Morgan fingerprint density at radius 3 is 2.88 bits per heavy atom. The highest BCUT2D eigenvalue weighted by Gasteiger charge is 2.08. The molecule has 0 aliphatic rings. The third-order valence-electron chi connectivity index (χ3n) is 2.43. The first kappa shape index (κ1) is 13.2. The molecule has 17 heavy (non-hydrogen) atoms. The second-order valence-electron chi connectivity index (χ2n) is 3.83. The first-order valence-electron chi connectivity index (χ1n) is 5.56. The van der Waals surface area contributed by atoms with Gasteiger partial charge in [-0.1, -0.05) is 0 Å². The maximum atomic E-state index is 12.8. The summed E-state index contributed by atoms with van der Waals surface area (Å²) in [6.07, 6.45) is 2.06. The standard InChI is InChI=1S/C13H15FN2O/c1-10-9-11(14)5-6-12(10)13(17)16-8-4-2-3-7-15/h5-6,9H,2-4,8H2,1H3,(H,16,17). The zero-order chi connectivity index (χ0) is 12.7. The Morgan fingerprint density at radius 2 is 2.24 bits per heavy atom. The van der Waals surface area contributed by atoms with Crippen LogP contribution < -0.4 is 5.32 Å². The molecule has 4 heteroatoms. The molecule has 1 rings (SSSR count). The van der Waals surface area contributed by atoms with Crippen LogP contribution in [0.25, 0.3) is 0 Å². The molecule has 0 heterocycles. The van der Waals surface area contributed by atoms with Gasteiger partial charge in [0.2, 0.25) is 0 Å². The van der Waals surface area contributed by atoms with Crippen LogP contribution in [0.3, 0.4) is 0 Å². The molecule has 1 amide bonds. The van der Waals surface area contributed by atoms with Gasteiger partial charge in [0.15, 0.2) is 0 Å². The summed E-state index contributed by atoms with van der Waals surface area (Å²) in [6, 6.07) is 6.14. The monoisotopic (exact) mass is 234 g/mol. The van der Waals surface area contributed by atoms with E-state index in [1.807, 2.05) is 6.07 Å². The van der Waals surface area contributed by atoms with E-state index in [1.54, 1.807) is 6.92 Å². The van der Waals surface area contributed by atoms with E-state index in [2.05, 4.69) is 5.32 Å². The highest BCUT2D eigenvalue weighted by Crippen LogP contribution is 2.09. The average Bonchev–Trinajstić information content (AvgIpc) is 2.28. The van der Waals surface area contributed by atoms with Crippen LogP contribution in [-0.2, 0) is 0 Å². The summed E-state index contributed by atoms with van der Waals surface area (Å²) in [7, 11) is 0. The van der Waals surface area contributed by atoms with Gasteiger partial charge < -0.3 is 5.32 Å². The highest BCUT2D eigenvalue weighted by molar-refractivity contribution is 5.95. The summed E-state index contributed by atoms with van der Waals surface area (Å²) in [5, 5.41) is 11.1. The molecule has 3 nitrogen and oxygen atoms in total. The van der Waals surface area contributed by atoms with E-state index in [1.165, 1.54) is 18.2 Å². The van der Waals surface area contributed by atoms with Crippen molar-refractivity contribution < 1.29 is 9.18 Å². The zero-order valence-corrected chi connectivity index (χ0v) is 9.79. The van der Waals surface area contributed by atoms with Crippen molar-refractivity contribution in [2.24, 2.45) is 0 Å². The lowest BCUT2D eigenvalue weighted by Gasteiger charge is -2.07. The first-order valence-corrected chi connectivity index (χ1v) is 5.56. The predicted molar refractivity (Wildman–Crippen MR) is 62.9 cm³/mol. The SMILES string of the molecule is Cc1cc(F)ccc1C(=O)NCCCCC#N. The number of hydrogen-bond donors (Lipinski definition) is 1. The van der Waals surface area contributed by atoms with Crippen LogP contribution in [0.5, 0.6) is 0 Å². The maximum absolute atomic E-state index is 12.8. The minimum atomic E-state index is -0.340. The number of hydrogen-bond acceptors (Lipinski definition) is 2. The smallest absolute Gasteiger partial charge is 0.251 e. The van der Waals surface area contributed by atoms with Gasteiger partial charge in [0.25, 0.3) is 5.91 Å².